The standard InChI is InChI=1S/C27H24ClN3O4S/c1-2-34-22(33)15-36-27(31-16-8-4-3-5-9-16)24-20(32)12-13-21-25(24)23(18(14-29)26(30)35-21)17-10-6-7-11-19(17)28/h3-11,23,31H,2,12-13,15,30H2,1H3. The Morgan fingerprint density at radius 1 is 1.22 bits per heavy atom. The van der Waals surface area contributed by atoms with Crippen LogP contribution in [0.5, 0.6) is 0 Å². The summed E-state index contributed by atoms with van der Waals surface area (Å²) in [5.74, 6) is -0.758. The molecule has 1 atom stereocenters. The third kappa shape index (κ3) is 5.27. The molecule has 1 unspecified atom stereocenters. The van der Waals surface area contributed by atoms with Gasteiger partial charge in [-0.1, -0.05) is 59.8 Å². The second-order valence-corrected chi connectivity index (χ2v) is 9.39. The molecule has 0 saturated heterocycles. The summed E-state index contributed by atoms with van der Waals surface area (Å²) >= 11 is 7.73. The largest absolute Gasteiger partial charge is 0.465 e. The normalized spacial score (nSPS) is 18.7. The molecule has 0 spiro atoms. The van der Waals surface area contributed by atoms with Crippen molar-refractivity contribution >= 4 is 40.8 Å². The van der Waals surface area contributed by atoms with E-state index in [1.807, 2.05) is 36.4 Å². The third-order valence-corrected chi connectivity index (χ3v) is 7.06. The number of anilines is 1. The van der Waals surface area contributed by atoms with Gasteiger partial charge in [-0.05, 0) is 30.7 Å². The predicted molar refractivity (Wildman–Crippen MR) is 140 cm³/mol. The van der Waals surface area contributed by atoms with Gasteiger partial charge in [-0.2, -0.15) is 5.26 Å². The molecule has 0 bridgehead atoms. The van der Waals surface area contributed by atoms with E-state index in [0.29, 0.717) is 38.9 Å². The molecule has 1 aliphatic heterocycles. The van der Waals surface area contributed by atoms with Crippen molar-refractivity contribution in [3.63, 3.8) is 0 Å². The van der Waals surface area contributed by atoms with Crippen LogP contribution in [-0.4, -0.2) is 24.1 Å². The number of nitrogens with two attached hydrogens (primary N) is 1. The number of nitrogens with one attached hydrogen (secondary N) is 1. The molecule has 2 aliphatic rings. The molecule has 2 aromatic carbocycles. The molecule has 2 aromatic rings. The van der Waals surface area contributed by atoms with Crippen molar-refractivity contribution in [3.05, 3.63) is 98.6 Å². The van der Waals surface area contributed by atoms with Gasteiger partial charge in [-0.3, -0.25) is 9.59 Å². The number of Topliss-reactive ketones (excluding diaryl/α,β-unsaturated/α-hetero) is 1. The monoisotopic (exact) mass is 521 g/mol. The van der Waals surface area contributed by atoms with Crippen molar-refractivity contribution in [1.29, 1.82) is 5.26 Å². The van der Waals surface area contributed by atoms with Crippen LogP contribution in [0, 0.1) is 11.3 Å². The number of ketones is 1. The number of hydrogen-bond donors (Lipinski definition) is 2. The van der Waals surface area contributed by atoms with Crippen LogP contribution in [0.2, 0.25) is 5.02 Å². The molecule has 184 valence electrons. The predicted octanol–water partition coefficient (Wildman–Crippen LogP) is 5.38. The number of thioether (sulfide) groups is 1. The fourth-order valence-corrected chi connectivity index (χ4v) is 5.36. The van der Waals surface area contributed by atoms with E-state index >= 15 is 0 Å². The summed E-state index contributed by atoms with van der Waals surface area (Å²) in [5, 5.41) is 14.2. The molecule has 7 nitrogen and oxygen atoms in total. The van der Waals surface area contributed by atoms with Gasteiger partial charge in [-0.15, -0.1) is 0 Å². The molecular weight excluding hydrogens is 498 g/mol. The van der Waals surface area contributed by atoms with Gasteiger partial charge in [0.25, 0.3) is 0 Å². The Morgan fingerprint density at radius 3 is 2.64 bits per heavy atom. The lowest BCUT2D eigenvalue weighted by Gasteiger charge is -2.34. The number of rotatable bonds is 7. The van der Waals surface area contributed by atoms with E-state index in [1.165, 1.54) is 0 Å². The molecule has 0 saturated carbocycles. The molecule has 0 radical (unpaired) electrons. The molecular formula is C27H24ClN3O4S. The van der Waals surface area contributed by atoms with Crippen molar-refractivity contribution in [2.45, 2.75) is 25.7 Å². The van der Waals surface area contributed by atoms with Crippen molar-refractivity contribution in [2.75, 3.05) is 17.7 Å². The number of hydrogen-bond acceptors (Lipinski definition) is 8. The van der Waals surface area contributed by atoms with Crippen LogP contribution < -0.4 is 11.1 Å². The number of nitriles is 1. The Hall–Kier alpha value is -3.67. The van der Waals surface area contributed by atoms with Gasteiger partial charge in [0.15, 0.2) is 5.78 Å². The molecule has 4 rings (SSSR count). The Bertz CT molecular complexity index is 1330. The minimum Gasteiger partial charge on any atom is -0.465 e. The number of esters is 1. The third-order valence-electron chi connectivity index (χ3n) is 5.74. The minimum atomic E-state index is -0.706. The average Bonchev–Trinajstić information content (AvgIpc) is 2.87. The van der Waals surface area contributed by atoms with Crippen LogP contribution in [0.25, 0.3) is 0 Å². The summed E-state index contributed by atoms with van der Waals surface area (Å²) in [7, 11) is 0. The topological polar surface area (TPSA) is 114 Å². The maximum absolute atomic E-state index is 13.5. The number of ether oxygens (including phenoxy) is 2. The van der Waals surface area contributed by atoms with Gasteiger partial charge in [0.2, 0.25) is 5.88 Å². The highest BCUT2D eigenvalue weighted by Gasteiger charge is 2.41. The van der Waals surface area contributed by atoms with E-state index < -0.39 is 11.9 Å². The van der Waals surface area contributed by atoms with Gasteiger partial charge in [0.05, 0.1) is 28.9 Å². The summed E-state index contributed by atoms with van der Waals surface area (Å²) in [4.78, 5) is 25.7. The van der Waals surface area contributed by atoms with Crippen LogP contribution in [0.15, 0.2) is 88.0 Å². The van der Waals surface area contributed by atoms with E-state index in [4.69, 9.17) is 26.8 Å². The number of allylic oxidation sites excluding steroid dienone is 4. The molecule has 0 aromatic heterocycles. The molecule has 36 heavy (non-hydrogen) atoms. The molecule has 1 heterocycles. The lowest BCUT2D eigenvalue weighted by Crippen LogP contribution is -2.28. The Morgan fingerprint density at radius 2 is 1.94 bits per heavy atom. The van der Waals surface area contributed by atoms with E-state index in [0.717, 1.165) is 17.4 Å². The number of para-hydroxylation sites is 1. The fourth-order valence-electron chi connectivity index (χ4n) is 4.21. The smallest absolute Gasteiger partial charge is 0.316 e. The zero-order chi connectivity index (χ0) is 25.7. The zero-order valence-corrected chi connectivity index (χ0v) is 21.1. The summed E-state index contributed by atoms with van der Waals surface area (Å²) in [5.41, 5.74) is 8.57. The van der Waals surface area contributed by atoms with Crippen LogP contribution in [0.1, 0.15) is 31.2 Å². The summed E-state index contributed by atoms with van der Waals surface area (Å²) in [6.07, 6.45) is 0.525. The first-order valence-corrected chi connectivity index (χ1v) is 12.7. The van der Waals surface area contributed by atoms with Crippen molar-refractivity contribution in [2.24, 2.45) is 5.73 Å². The van der Waals surface area contributed by atoms with E-state index in [-0.39, 0.29) is 36.0 Å². The van der Waals surface area contributed by atoms with Crippen molar-refractivity contribution < 1.29 is 19.1 Å². The van der Waals surface area contributed by atoms with Crippen LogP contribution in [-0.2, 0) is 19.1 Å². The molecule has 0 amide bonds. The van der Waals surface area contributed by atoms with E-state index in [1.54, 1.807) is 25.1 Å². The van der Waals surface area contributed by atoms with Crippen LogP contribution in [0.4, 0.5) is 5.69 Å². The summed E-state index contributed by atoms with van der Waals surface area (Å²) in [6, 6.07) is 18.6. The van der Waals surface area contributed by atoms with Gasteiger partial charge < -0.3 is 20.5 Å². The van der Waals surface area contributed by atoms with Gasteiger partial charge in [-0.25, -0.2) is 0 Å². The number of carbonyl (C=O) groups excluding carboxylic acids is 2. The molecule has 1 aliphatic carbocycles. The highest BCUT2D eigenvalue weighted by Crippen LogP contribution is 2.49. The first-order valence-electron chi connectivity index (χ1n) is 11.4. The molecule has 3 N–H and O–H groups in total. The summed E-state index contributed by atoms with van der Waals surface area (Å²) in [6.45, 7) is 1.99. The van der Waals surface area contributed by atoms with Crippen molar-refractivity contribution in [3.8, 4) is 6.07 Å². The lowest BCUT2D eigenvalue weighted by molar-refractivity contribution is -0.139. The second-order valence-electron chi connectivity index (χ2n) is 8.00. The minimum absolute atomic E-state index is 0.00776. The molecule has 0 fully saturated rings. The molecule has 9 heteroatoms. The maximum atomic E-state index is 13.5. The second kappa shape index (κ2) is 11.4. The van der Waals surface area contributed by atoms with Crippen LogP contribution in [0.3, 0.4) is 0 Å². The zero-order valence-electron chi connectivity index (χ0n) is 19.5. The SMILES string of the molecule is CCOC(=O)CSC(Nc1ccccc1)=C1C(=O)CCC2=C1C(c1ccccc1Cl)C(C#N)=C(N)O2. The Labute approximate surface area is 218 Å². The van der Waals surface area contributed by atoms with Gasteiger partial charge in [0, 0.05) is 29.1 Å². The highest BCUT2D eigenvalue weighted by molar-refractivity contribution is 8.03. The number of nitrogens with zero attached hydrogens (tertiary/aromatic N) is 1. The first-order chi connectivity index (χ1) is 17.4. The van der Waals surface area contributed by atoms with Gasteiger partial charge in [0.1, 0.15) is 17.4 Å². The first kappa shape index (κ1) is 25.4. The van der Waals surface area contributed by atoms with Gasteiger partial charge >= 0.3 is 5.97 Å². The number of benzene rings is 2. The highest BCUT2D eigenvalue weighted by atomic mass is 35.5. The quantitative estimate of drug-likeness (QED) is 0.368. The fraction of sp³-hybridized carbons (Fsp3) is 0.222. The maximum Gasteiger partial charge on any atom is 0.316 e. The summed E-state index contributed by atoms with van der Waals surface area (Å²) < 4.78 is 11.0. The van der Waals surface area contributed by atoms with Crippen molar-refractivity contribution in [1.82, 2.24) is 0 Å². The number of halogens is 1. The van der Waals surface area contributed by atoms with Crippen LogP contribution >= 0.6 is 23.4 Å². The van der Waals surface area contributed by atoms with E-state index in [9.17, 15) is 14.9 Å². The average molecular weight is 522 g/mol. The Balaban J connectivity index is 1.91. The number of carbonyl (C=O) groups is 2. The Kier molecular flexibility index (Phi) is 8.04. The lowest BCUT2D eigenvalue weighted by atomic mass is 9.75. The van der Waals surface area contributed by atoms with E-state index in [2.05, 4.69) is 11.4 Å².